The lowest BCUT2D eigenvalue weighted by Crippen LogP contribution is -2.38. The van der Waals surface area contributed by atoms with Crippen molar-refractivity contribution in [3.63, 3.8) is 0 Å². The molecule has 1 fully saturated rings. The minimum atomic E-state index is -5.03. The molecule has 4 nitrogen and oxygen atoms in total. The van der Waals surface area contributed by atoms with Crippen LogP contribution >= 0.6 is 11.6 Å². The van der Waals surface area contributed by atoms with E-state index in [4.69, 9.17) is 11.6 Å². The Bertz CT molecular complexity index is 1150. The predicted molar refractivity (Wildman–Crippen MR) is 106 cm³/mol. The molecule has 170 valence electrons. The van der Waals surface area contributed by atoms with Gasteiger partial charge in [-0.15, -0.1) is 0 Å². The Morgan fingerprint density at radius 3 is 2.25 bits per heavy atom. The van der Waals surface area contributed by atoms with Gasteiger partial charge in [-0.3, -0.25) is 0 Å². The maximum Gasteiger partial charge on any atom is 0.433 e. The Balaban J connectivity index is 1.64. The molecule has 0 bridgehead atoms. The predicted octanol–water partition coefficient (Wildman–Crippen LogP) is 6.55. The first kappa shape index (κ1) is 21.4. The van der Waals surface area contributed by atoms with Crippen LogP contribution < -0.4 is 4.90 Å². The van der Waals surface area contributed by atoms with Crippen molar-refractivity contribution in [3.8, 4) is 0 Å². The SMILES string of the molecule is FC(F)(F)c1cc(C(F)(F)F)nc(N2CCc3c([nH]c4ccc(Cl)cc34)[C@@H]2CC2CC2)n1. The first-order chi connectivity index (χ1) is 15.0. The third kappa shape index (κ3) is 3.89. The van der Waals surface area contributed by atoms with Gasteiger partial charge in [-0.05, 0) is 48.6 Å². The summed E-state index contributed by atoms with van der Waals surface area (Å²) in [6.45, 7) is 0.197. The molecule has 2 aromatic heterocycles. The number of halogens is 7. The van der Waals surface area contributed by atoms with Crippen molar-refractivity contribution in [2.24, 2.45) is 5.92 Å². The number of anilines is 1. The quantitative estimate of drug-likeness (QED) is 0.438. The second-order valence-corrected chi connectivity index (χ2v) is 8.72. The molecule has 2 aliphatic rings. The second-order valence-electron chi connectivity index (χ2n) is 8.28. The van der Waals surface area contributed by atoms with Crippen molar-refractivity contribution in [1.29, 1.82) is 0 Å². The van der Waals surface area contributed by atoms with E-state index in [-0.39, 0.29) is 12.6 Å². The number of nitrogens with zero attached hydrogens (tertiary/aromatic N) is 3. The first-order valence-electron chi connectivity index (χ1n) is 10.1. The number of H-pyrrole nitrogens is 1. The topological polar surface area (TPSA) is 44.8 Å². The fourth-order valence-corrected chi connectivity index (χ4v) is 4.52. The lowest BCUT2D eigenvalue weighted by Gasteiger charge is -2.36. The van der Waals surface area contributed by atoms with Gasteiger partial charge in [0.15, 0.2) is 11.4 Å². The monoisotopic (exact) mass is 474 g/mol. The van der Waals surface area contributed by atoms with Crippen LogP contribution in [0.5, 0.6) is 0 Å². The number of aromatic amines is 1. The molecule has 0 unspecified atom stereocenters. The van der Waals surface area contributed by atoms with Crippen LogP contribution in [0.2, 0.25) is 5.02 Å². The van der Waals surface area contributed by atoms with Gasteiger partial charge in [0.05, 0.1) is 6.04 Å². The van der Waals surface area contributed by atoms with Crippen LogP contribution in [-0.2, 0) is 18.8 Å². The fraction of sp³-hybridized carbons (Fsp3) is 0.429. The van der Waals surface area contributed by atoms with Crippen molar-refractivity contribution in [2.45, 2.75) is 44.1 Å². The summed E-state index contributed by atoms with van der Waals surface area (Å²) in [6, 6.07) is 4.86. The van der Waals surface area contributed by atoms with Gasteiger partial charge in [0.25, 0.3) is 0 Å². The molecule has 3 heterocycles. The van der Waals surface area contributed by atoms with Crippen LogP contribution in [0.1, 0.15) is 47.9 Å². The van der Waals surface area contributed by atoms with E-state index in [1.807, 2.05) is 12.1 Å². The molecular weight excluding hydrogens is 458 g/mol. The minimum absolute atomic E-state index is 0.0420. The fourth-order valence-electron chi connectivity index (χ4n) is 4.35. The van der Waals surface area contributed by atoms with E-state index in [1.54, 1.807) is 6.07 Å². The van der Waals surface area contributed by atoms with Gasteiger partial charge in [-0.1, -0.05) is 24.4 Å². The molecule has 0 amide bonds. The van der Waals surface area contributed by atoms with Crippen molar-refractivity contribution in [1.82, 2.24) is 15.0 Å². The standard InChI is InChI=1S/C21H17ClF6N4/c22-11-3-4-14-13(8-11)12-5-6-32(15(18(12)29-14)7-10-1-2-10)19-30-16(20(23,24)25)9-17(31-19)21(26,27)28/h3-4,8-10,15,29H,1-2,5-7H2/t15-/m0/s1. The number of hydrogen-bond donors (Lipinski definition) is 1. The number of fused-ring (bicyclic) bond motifs is 3. The summed E-state index contributed by atoms with van der Waals surface area (Å²) < 4.78 is 80.1. The summed E-state index contributed by atoms with van der Waals surface area (Å²) in [7, 11) is 0. The third-order valence-electron chi connectivity index (χ3n) is 6.02. The summed E-state index contributed by atoms with van der Waals surface area (Å²) in [4.78, 5) is 11.8. The van der Waals surface area contributed by atoms with E-state index < -0.39 is 35.7 Å². The van der Waals surface area contributed by atoms with E-state index in [2.05, 4.69) is 15.0 Å². The highest BCUT2D eigenvalue weighted by Gasteiger charge is 2.42. The highest BCUT2D eigenvalue weighted by Crippen LogP contribution is 2.45. The number of aromatic nitrogens is 3. The number of nitrogens with one attached hydrogen (secondary N) is 1. The zero-order valence-electron chi connectivity index (χ0n) is 16.5. The molecule has 0 saturated heterocycles. The lowest BCUT2D eigenvalue weighted by atomic mass is 9.94. The van der Waals surface area contributed by atoms with Crippen LogP contribution in [0, 0.1) is 5.92 Å². The number of alkyl halides is 6. The first-order valence-corrected chi connectivity index (χ1v) is 10.5. The maximum absolute atomic E-state index is 13.3. The molecule has 3 aromatic rings. The summed E-state index contributed by atoms with van der Waals surface area (Å²) >= 11 is 6.14. The number of benzene rings is 1. The van der Waals surface area contributed by atoms with Crippen LogP contribution in [-0.4, -0.2) is 21.5 Å². The summed E-state index contributed by atoms with van der Waals surface area (Å²) in [6.07, 6.45) is -7.09. The Morgan fingerprint density at radius 1 is 1.00 bits per heavy atom. The van der Waals surface area contributed by atoms with E-state index in [9.17, 15) is 26.3 Å². The maximum atomic E-state index is 13.3. The van der Waals surface area contributed by atoms with Gasteiger partial charge in [-0.25, -0.2) is 9.97 Å². The highest BCUT2D eigenvalue weighted by atomic mass is 35.5. The molecule has 1 aliphatic carbocycles. The van der Waals surface area contributed by atoms with E-state index in [0.717, 1.165) is 35.0 Å². The summed E-state index contributed by atoms with van der Waals surface area (Å²) in [5.41, 5.74) is -0.631. The molecule has 11 heteroatoms. The molecule has 0 spiro atoms. The number of hydrogen-bond acceptors (Lipinski definition) is 3. The molecule has 0 radical (unpaired) electrons. The van der Waals surface area contributed by atoms with E-state index >= 15 is 0 Å². The van der Waals surface area contributed by atoms with Gasteiger partial charge in [0, 0.05) is 28.2 Å². The Kier molecular flexibility index (Phi) is 4.85. The third-order valence-corrected chi connectivity index (χ3v) is 6.25. The van der Waals surface area contributed by atoms with Gasteiger partial charge >= 0.3 is 12.4 Å². The summed E-state index contributed by atoms with van der Waals surface area (Å²) in [5, 5.41) is 1.46. The largest absolute Gasteiger partial charge is 0.433 e. The van der Waals surface area contributed by atoms with Crippen LogP contribution in [0.15, 0.2) is 24.3 Å². The zero-order chi connectivity index (χ0) is 22.8. The van der Waals surface area contributed by atoms with Crippen molar-refractivity contribution < 1.29 is 26.3 Å². The normalized spacial score (nSPS) is 19.5. The van der Waals surface area contributed by atoms with Gasteiger partial charge in [-0.2, -0.15) is 26.3 Å². The van der Waals surface area contributed by atoms with Crippen molar-refractivity contribution in [2.75, 3.05) is 11.4 Å². The smallest absolute Gasteiger partial charge is 0.356 e. The summed E-state index contributed by atoms with van der Waals surface area (Å²) in [5.74, 6) is -0.198. The van der Waals surface area contributed by atoms with Crippen molar-refractivity contribution in [3.05, 3.63) is 51.9 Å². The minimum Gasteiger partial charge on any atom is -0.356 e. The second kappa shape index (κ2) is 7.26. The van der Waals surface area contributed by atoms with Gasteiger partial charge in [0.2, 0.25) is 5.95 Å². The van der Waals surface area contributed by atoms with E-state index in [0.29, 0.717) is 23.8 Å². The van der Waals surface area contributed by atoms with Gasteiger partial charge in [0.1, 0.15) is 0 Å². The average Bonchev–Trinajstić information content (AvgIpc) is 3.45. The molecule has 1 N–H and O–H groups in total. The Labute approximate surface area is 183 Å². The molecule has 1 atom stereocenters. The Hall–Kier alpha value is -2.49. The zero-order valence-corrected chi connectivity index (χ0v) is 17.2. The lowest BCUT2D eigenvalue weighted by molar-refractivity contribution is -0.147. The van der Waals surface area contributed by atoms with Crippen LogP contribution in [0.4, 0.5) is 32.3 Å². The molecular formula is C21H17ClF6N4. The molecule has 1 saturated carbocycles. The van der Waals surface area contributed by atoms with Crippen LogP contribution in [0.3, 0.4) is 0 Å². The molecule has 5 rings (SSSR count). The van der Waals surface area contributed by atoms with Crippen LogP contribution in [0.25, 0.3) is 10.9 Å². The molecule has 32 heavy (non-hydrogen) atoms. The Morgan fingerprint density at radius 2 is 1.66 bits per heavy atom. The van der Waals surface area contributed by atoms with Gasteiger partial charge < -0.3 is 9.88 Å². The number of rotatable bonds is 3. The molecule has 1 aliphatic heterocycles. The van der Waals surface area contributed by atoms with Crippen molar-refractivity contribution >= 4 is 28.5 Å². The highest BCUT2D eigenvalue weighted by molar-refractivity contribution is 6.31. The molecule has 1 aromatic carbocycles. The average molecular weight is 475 g/mol. The van der Waals surface area contributed by atoms with E-state index in [1.165, 1.54) is 4.90 Å².